The Morgan fingerprint density at radius 3 is 2.65 bits per heavy atom. The number of hydrogen-bond donors (Lipinski definition) is 3. The van der Waals surface area contributed by atoms with Crippen LogP contribution in [0.1, 0.15) is 0 Å². The highest BCUT2D eigenvalue weighted by molar-refractivity contribution is 7.97. The van der Waals surface area contributed by atoms with E-state index in [-0.39, 0.29) is 0 Å². The molecule has 0 aliphatic carbocycles. The zero-order valence-corrected chi connectivity index (χ0v) is 11.3. The predicted octanol–water partition coefficient (Wildman–Crippen LogP) is 0.384. The molecule has 0 saturated heterocycles. The van der Waals surface area contributed by atoms with Crippen molar-refractivity contribution in [2.45, 2.75) is 0 Å². The van der Waals surface area contributed by atoms with Gasteiger partial charge in [-0.15, -0.1) is 0 Å². The molecule has 0 aromatic heterocycles. The average molecular weight is 289 g/mol. The highest BCUT2D eigenvalue weighted by atomic mass is 32.2. The smallest absolute Gasteiger partial charge is 0.423 e. The summed E-state index contributed by atoms with van der Waals surface area (Å²) in [5.74, 6) is 3.92. The maximum absolute atomic E-state index is 11.7. The first-order chi connectivity index (χ1) is 9.44. The molecule has 0 spiro atoms. The van der Waals surface area contributed by atoms with Gasteiger partial charge in [-0.05, 0) is 28.7 Å². The molecule has 1 heterocycles. The third kappa shape index (κ3) is 2.38. The fourth-order valence-electron chi connectivity index (χ4n) is 2.07. The van der Waals surface area contributed by atoms with Gasteiger partial charge in [-0.1, -0.05) is 30.3 Å². The largest absolute Gasteiger partial charge is 0.488 e. The molecule has 2 aromatic rings. The summed E-state index contributed by atoms with van der Waals surface area (Å²) in [6.07, 6.45) is 0. The van der Waals surface area contributed by atoms with Gasteiger partial charge in [0.05, 0.1) is 5.69 Å². The van der Waals surface area contributed by atoms with E-state index in [9.17, 15) is 14.3 Å². The first kappa shape index (κ1) is 13.0. The van der Waals surface area contributed by atoms with Crippen LogP contribution in [0.3, 0.4) is 0 Å². The fourth-order valence-corrected chi connectivity index (χ4v) is 3.04. The summed E-state index contributed by atoms with van der Waals surface area (Å²) in [6, 6.07) is 12.2. The summed E-state index contributed by atoms with van der Waals surface area (Å²) in [4.78, 5) is 0. The molecule has 0 amide bonds. The molecule has 7 heteroatoms. The predicted molar refractivity (Wildman–Crippen MR) is 81.2 cm³/mol. The van der Waals surface area contributed by atoms with E-state index < -0.39 is 17.1 Å². The lowest BCUT2D eigenvalue weighted by molar-refractivity contribution is 0.426. The Morgan fingerprint density at radius 1 is 1.15 bits per heavy atom. The Hall–Kier alpha value is -1.96. The fraction of sp³-hybridized carbons (Fsp3) is 0. The van der Waals surface area contributed by atoms with E-state index in [2.05, 4.69) is 10.6 Å². The molecule has 20 heavy (non-hydrogen) atoms. The summed E-state index contributed by atoms with van der Waals surface area (Å²) in [6.45, 7) is 0. The quantitative estimate of drug-likeness (QED) is 0.552. The zero-order chi connectivity index (χ0) is 14.3. The van der Waals surface area contributed by atoms with Crippen LogP contribution in [-0.2, 0) is 9.99 Å². The van der Waals surface area contributed by atoms with Crippen molar-refractivity contribution in [3.8, 4) is 16.9 Å². The van der Waals surface area contributed by atoms with E-state index in [0.29, 0.717) is 16.9 Å². The molecule has 102 valence electrons. The summed E-state index contributed by atoms with van der Waals surface area (Å²) >= 11 is 0. The van der Waals surface area contributed by atoms with E-state index in [1.807, 2.05) is 12.1 Å². The van der Waals surface area contributed by atoms with Crippen LogP contribution < -0.4 is 14.4 Å². The number of benzene rings is 2. The Labute approximate surface area is 117 Å². The summed E-state index contributed by atoms with van der Waals surface area (Å²) < 4.78 is 19.7. The summed E-state index contributed by atoms with van der Waals surface area (Å²) in [5.41, 5.74) is 2.67. The number of anilines is 1. The second kappa shape index (κ2) is 4.55. The van der Waals surface area contributed by atoms with Crippen molar-refractivity contribution < 1.29 is 18.4 Å². The Balaban J connectivity index is 2.03. The molecular formula is C13H12BNO4S. The number of nitrogens with one attached hydrogen (secondary N) is 1. The minimum atomic E-state index is -2.76. The number of hydrogen-bond acceptors (Lipinski definition) is 4. The molecule has 0 bridgehead atoms. The van der Waals surface area contributed by atoms with Gasteiger partial charge in [-0.25, -0.2) is 4.21 Å². The average Bonchev–Trinajstić information content (AvgIpc) is 2.71. The molecule has 5 nitrogen and oxygen atoms in total. The molecule has 1 aliphatic heterocycles. The monoisotopic (exact) mass is 289 g/mol. The van der Waals surface area contributed by atoms with Crippen LogP contribution in [0.25, 0.3) is 11.1 Å². The van der Waals surface area contributed by atoms with Gasteiger partial charge in [0.1, 0.15) is 0 Å². The van der Waals surface area contributed by atoms with Gasteiger partial charge in [-0.3, -0.25) is 4.72 Å². The number of fused-ring (bicyclic) bond motifs is 1. The minimum absolute atomic E-state index is 0.406. The molecule has 0 radical (unpaired) electrons. The molecular weight excluding hydrogens is 277 g/mol. The molecule has 0 fully saturated rings. The first-order valence-electron chi connectivity index (χ1n) is 5.89. The van der Waals surface area contributed by atoms with Crippen LogP contribution in [0.15, 0.2) is 42.5 Å². The maximum Gasteiger partial charge on any atom is 0.488 e. The third-order valence-electron chi connectivity index (χ3n) is 2.99. The second-order valence-electron chi connectivity index (χ2n) is 4.51. The first-order valence-corrected chi connectivity index (χ1v) is 7.55. The van der Waals surface area contributed by atoms with Crippen LogP contribution >= 0.6 is 0 Å². The molecule has 3 N–H and O–H groups in total. The van der Waals surface area contributed by atoms with Gasteiger partial charge in [0, 0.05) is 5.87 Å². The van der Waals surface area contributed by atoms with Crippen LogP contribution in [0.4, 0.5) is 5.69 Å². The van der Waals surface area contributed by atoms with Crippen molar-refractivity contribution in [2.24, 2.45) is 0 Å². The Bertz CT molecular complexity index is 774. The molecule has 1 unspecified atom stereocenters. The van der Waals surface area contributed by atoms with E-state index >= 15 is 0 Å². The molecule has 1 atom stereocenters. The Morgan fingerprint density at radius 2 is 1.90 bits per heavy atom. The van der Waals surface area contributed by atoms with Gasteiger partial charge >= 0.3 is 7.12 Å². The van der Waals surface area contributed by atoms with Crippen molar-refractivity contribution in [3.63, 3.8) is 0 Å². The van der Waals surface area contributed by atoms with Crippen LogP contribution in [0, 0.1) is 0 Å². The van der Waals surface area contributed by atoms with E-state index in [4.69, 9.17) is 4.18 Å². The normalized spacial score (nSPS) is 19.9. The maximum atomic E-state index is 11.7. The van der Waals surface area contributed by atoms with Gasteiger partial charge in [0.2, 0.25) is 9.99 Å². The molecule has 3 rings (SSSR count). The van der Waals surface area contributed by atoms with Crippen molar-refractivity contribution in [1.29, 1.82) is 0 Å². The Kier molecular flexibility index (Phi) is 2.97. The molecule has 2 aromatic carbocycles. The van der Waals surface area contributed by atoms with Gasteiger partial charge in [0.25, 0.3) is 0 Å². The van der Waals surface area contributed by atoms with E-state index in [1.54, 1.807) is 30.3 Å². The van der Waals surface area contributed by atoms with Crippen molar-refractivity contribution in [1.82, 2.24) is 0 Å². The van der Waals surface area contributed by atoms with Crippen LogP contribution in [0.5, 0.6) is 5.75 Å². The van der Waals surface area contributed by atoms with Crippen LogP contribution in [-0.4, -0.2) is 27.2 Å². The second-order valence-corrected chi connectivity index (χ2v) is 6.11. The zero-order valence-electron chi connectivity index (χ0n) is 10.4. The van der Waals surface area contributed by atoms with Gasteiger partial charge in [-0.2, -0.15) is 0 Å². The number of rotatable bonds is 2. The summed E-state index contributed by atoms with van der Waals surface area (Å²) in [7, 11) is -4.27. The standard InChI is InChI=1S/C13H12BNO4S/c1-20(18)15-12-6-5-10(8-13(12)19-20)9-3-2-4-11(7-9)14(16)17/h2-8,16-17H,1H2,(H,15,18). The van der Waals surface area contributed by atoms with Gasteiger partial charge in [0.15, 0.2) is 5.75 Å². The molecule has 0 saturated carbocycles. The topological polar surface area (TPSA) is 78.8 Å². The third-order valence-corrected chi connectivity index (χ3v) is 3.97. The highest BCUT2D eigenvalue weighted by Crippen LogP contribution is 2.36. The lowest BCUT2D eigenvalue weighted by atomic mass is 9.79. The SMILES string of the molecule is C=S1(=O)Nc2ccc(-c3cccc(B(O)O)c3)cc2O1. The van der Waals surface area contributed by atoms with Crippen molar-refractivity contribution in [2.75, 3.05) is 4.72 Å². The lowest BCUT2D eigenvalue weighted by Gasteiger charge is -2.06. The minimum Gasteiger partial charge on any atom is -0.423 e. The van der Waals surface area contributed by atoms with Crippen molar-refractivity contribution in [3.05, 3.63) is 42.5 Å². The van der Waals surface area contributed by atoms with Gasteiger partial charge < -0.3 is 14.2 Å². The van der Waals surface area contributed by atoms with E-state index in [0.717, 1.165) is 11.1 Å². The summed E-state index contributed by atoms with van der Waals surface area (Å²) in [5, 5.41) is 18.4. The van der Waals surface area contributed by atoms with Crippen molar-refractivity contribution >= 4 is 34.1 Å². The highest BCUT2D eigenvalue weighted by Gasteiger charge is 2.20. The van der Waals surface area contributed by atoms with Crippen LogP contribution in [0.2, 0.25) is 0 Å². The molecule has 1 aliphatic rings. The van der Waals surface area contributed by atoms with E-state index in [1.165, 1.54) is 0 Å². The lowest BCUT2D eigenvalue weighted by Crippen LogP contribution is -2.29.